The van der Waals surface area contributed by atoms with E-state index >= 15 is 0 Å². The van der Waals surface area contributed by atoms with Crippen molar-refractivity contribution in [2.24, 2.45) is 0 Å². The molecule has 0 aromatic carbocycles. The Kier molecular flexibility index (Phi) is 73.4. The first-order chi connectivity index (χ1) is 15.7. The molecule has 0 fully saturated rings. The molecule has 33 heavy (non-hydrogen) atoms. The van der Waals surface area contributed by atoms with Crippen LogP contribution in [0, 0.1) is 12.8 Å². The first-order valence-corrected chi connectivity index (χ1v) is 15.5. The zero-order valence-corrected chi connectivity index (χ0v) is 28.5. The van der Waals surface area contributed by atoms with Crippen LogP contribution in [0.3, 0.4) is 0 Å². The van der Waals surface area contributed by atoms with E-state index in [0.29, 0.717) is 0 Å². The molecule has 0 heterocycles. The van der Waals surface area contributed by atoms with E-state index in [1.165, 1.54) is 128 Å². The Morgan fingerprint density at radius 1 is 0.394 bits per heavy atom. The summed E-state index contributed by atoms with van der Waals surface area (Å²) in [6.07, 6.45) is 31.8. The fourth-order valence-electron chi connectivity index (χ4n) is 2.83. The Balaban J connectivity index is -0.000000117. The fourth-order valence-corrected chi connectivity index (χ4v) is 3.23. The van der Waals surface area contributed by atoms with Gasteiger partial charge in [0, 0.05) is 0 Å². The molecule has 0 atom stereocenters. The fraction of sp³-hybridized carbons (Fsp3) is 0.933. The van der Waals surface area contributed by atoms with Crippen molar-refractivity contribution in [1.29, 1.82) is 0 Å². The third kappa shape index (κ3) is 71.9. The second-order valence-electron chi connectivity index (χ2n) is 8.70. The minimum atomic E-state index is 0. The van der Waals surface area contributed by atoms with Gasteiger partial charge >= 0.3 is 23.9 Å². The molecule has 0 nitrogen and oxygen atoms in total. The molecule has 0 spiro atoms. The van der Waals surface area contributed by atoms with Crippen LogP contribution in [0.2, 0.25) is 0 Å². The average Bonchev–Trinajstić information content (AvgIpc) is 2.83. The summed E-state index contributed by atoms with van der Waals surface area (Å²) in [6.45, 7) is 12.9. The zero-order chi connectivity index (χ0) is 25.0. The molecule has 0 bridgehead atoms. The average molecular weight is 608 g/mol. The molecule has 0 aliphatic rings. The van der Waals surface area contributed by atoms with Crippen LogP contribution < -0.4 is 0 Å². The number of rotatable bonds is 20. The summed E-state index contributed by atoms with van der Waals surface area (Å²) in [6, 6.07) is 0. The summed E-state index contributed by atoms with van der Waals surface area (Å²) >= 11 is 9.77. The zero-order valence-electron chi connectivity index (χ0n) is 24.0. The van der Waals surface area contributed by atoms with Gasteiger partial charge in [0.1, 0.15) is 0 Å². The summed E-state index contributed by atoms with van der Waals surface area (Å²) in [5, 5.41) is 0. The minimum Gasteiger partial charge on any atom is -0.793 e. The van der Waals surface area contributed by atoms with Gasteiger partial charge in [-0.25, -0.2) is 0 Å². The molecule has 0 N–H and O–H groups in total. The first kappa shape index (κ1) is 44.5. The molecule has 0 amide bonds. The molecule has 0 aromatic rings. The topological polar surface area (TPSA) is 0 Å². The largest absolute Gasteiger partial charge is 2.00 e. The molecule has 0 rings (SSSR count). The summed E-state index contributed by atoms with van der Waals surface area (Å²) < 4.78 is 0. The van der Waals surface area contributed by atoms with Crippen LogP contribution in [-0.4, -0.2) is 35.4 Å². The van der Waals surface area contributed by atoms with Crippen molar-refractivity contribution < 1.29 is 0 Å². The molecular formula is C30H64S2Sn. The predicted octanol–water partition coefficient (Wildman–Crippen LogP) is 11.0. The van der Waals surface area contributed by atoms with E-state index in [4.69, 9.17) is 25.3 Å². The van der Waals surface area contributed by atoms with Gasteiger partial charge < -0.3 is 25.3 Å². The van der Waals surface area contributed by atoms with E-state index in [9.17, 15) is 0 Å². The Morgan fingerprint density at radius 2 is 0.576 bits per heavy atom. The Bertz CT molecular complexity index is 189. The van der Waals surface area contributed by atoms with E-state index < -0.39 is 0 Å². The molecule has 0 aromatic heterocycles. The summed E-state index contributed by atoms with van der Waals surface area (Å²) in [4.78, 5) is 0. The maximum absolute atomic E-state index is 4.89. The quantitative estimate of drug-likeness (QED) is 0.0767. The maximum Gasteiger partial charge on any atom is 2.00 e. The van der Waals surface area contributed by atoms with E-state index in [1.54, 1.807) is 0 Å². The summed E-state index contributed by atoms with van der Waals surface area (Å²) in [5.41, 5.74) is 0. The molecule has 3 heteroatoms. The minimum absolute atomic E-state index is 0. The van der Waals surface area contributed by atoms with Gasteiger partial charge in [-0.2, -0.15) is 11.5 Å². The van der Waals surface area contributed by atoms with Crippen LogP contribution in [0.15, 0.2) is 0 Å². The van der Waals surface area contributed by atoms with Crippen molar-refractivity contribution in [3.63, 3.8) is 0 Å². The van der Waals surface area contributed by atoms with Crippen molar-refractivity contribution in [2.45, 2.75) is 170 Å². The van der Waals surface area contributed by atoms with Gasteiger partial charge in [-0.05, 0) is 12.8 Å². The van der Waals surface area contributed by atoms with Gasteiger partial charge in [-0.15, -0.1) is 0 Å². The van der Waals surface area contributed by atoms with Crippen molar-refractivity contribution in [3.05, 3.63) is 12.8 Å². The number of hydrogen-bond donors (Lipinski definition) is 0. The second kappa shape index (κ2) is 54.4. The number of unbranched alkanes of at least 4 members (excludes halogenated alkanes) is 18. The second-order valence-corrected chi connectivity index (χ2v) is 9.51. The van der Waals surface area contributed by atoms with Crippen LogP contribution in [0.1, 0.15) is 170 Å². The molecular weight excluding hydrogens is 543 g/mol. The molecule has 0 aliphatic carbocycles. The van der Waals surface area contributed by atoms with Gasteiger partial charge in [0.2, 0.25) is 0 Å². The van der Waals surface area contributed by atoms with E-state index in [1.807, 2.05) is 0 Å². The van der Waals surface area contributed by atoms with Crippen LogP contribution >= 0.6 is 0 Å². The molecule has 0 saturated carbocycles. The van der Waals surface area contributed by atoms with Crippen molar-refractivity contribution >= 4 is 49.2 Å². The third-order valence-corrected chi connectivity index (χ3v) is 5.89. The van der Waals surface area contributed by atoms with Crippen LogP contribution in [-0.2, 0) is 25.3 Å². The standard InChI is InChI=1S/2C11H24S.2C4H9.Sn/c2*1-2-3-4-5-6-7-8-9-10-11-12;2*1-3-4-2;/h2*12H,2-11H2,1H3;2*3H,4H2,1-2H3;/q;;;;+2/p-2. The van der Waals surface area contributed by atoms with Gasteiger partial charge in [0.25, 0.3) is 0 Å². The number of hydrogen-bond acceptors (Lipinski definition) is 2. The third-order valence-electron chi connectivity index (χ3n) is 5.31. The van der Waals surface area contributed by atoms with Crippen molar-refractivity contribution in [1.82, 2.24) is 0 Å². The van der Waals surface area contributed by atoms with E-state index in [2.05, 4.69) is 54.4 Å². The maximum atomic E-state index is 4.89. The Morgan fingerprint density at radius 3 is 0.727 bits per heavy atom. The van der Waals surface area contributed by atoms with Crippen molar-refractivity contribution in [2.75, 3.05) is 11.5 Å². The van der Waals surface area contributed by atoms with Crippen molar-refractivity contribution in [3.8, 4) is 0 Å². The van der Waals surface area contributed by atoms with Gasteiger partial charge in [-0.3, -0.25) is 0 Å². The molecule has 0 unspecified atom stereocenters. The molecule has 4 radical (unpaired) electrons. The Hall–Kier alpha value is 1.50. The van der Waals surface area contributed by atoms with Crippen LogP contribution in [0.25, 0.3) is 0 Å². The Labute approximate surface area is 242 Å². The van der Waals surface area contributed by atoms with Gasteiger partial charge in [-0.1, -0.05) is 170 Å². The molecule has 0 aliphatic heterocycles. The molecule has 0 saturated heterocycles. The smallest absolute Gasteiger partial charge is 0.793 e. The first-order valence-electron chi connectivity index (χ1n) is 14.4. The SMILES string of the molecule is CCCCCCCCCCC[S-].CCCCCCCCCCC[S-].C[CH]CC.C[CH]CC.[Sn+2]. The summed E-state index contributed by atoms with van der Waals surface area (Å²) in [5.74, 6) is 1.91. The van der Waals surface area contributed by atoms with Gasteiger partial charge in [0.05, 0.1) is 0 Å². The van der Waals surface area contributed by atoms with E-state index in [-0.39, 0.29) is 23.9 Å². The van der Waals surface area contributed by atoms with Crippen LogP contribution in [0.5, 0.6) is 0 Å². The summed E-state index contributed by atoms with van der Waals surface area (Å²) in [7, 11) is 0. The van der Waals surface area contributed by atoms with Crippen LogP contribution in [0.4, 0.5) is 0 Å². The predicted molar refractivity (Wildman–Crippen MR) is 165 cm³/mol. The monoisotopic (exact) mass is 608 g/mol. The molecule has 200 valence electrons. The van der Waals surface area contributed by atoms with Gasteiger partial charge in [0.15, 0.2) is 0 Å². The van der Waals surface area contributed by atoms with E-state index in [0.717, 1.165) is 11.5 Å². The normalized spacial score (nSPS) is 9.45.